The molecule has 1 heterocycles. The number of nitrogens with zero attached hydrogens (tertiary/aromatic N) is 2. The van der Waals surface area contributed by atoms with Gasteiger partial charge in [0, 0.05) is 36.7 Å². The van der Waals surface area contributed by atoms with Gasteiger partial charge < -0.3 is 4.74 Å². The zero-order valence-corrected chi connectivity index (χ0v) is 14.5. The highest BCUT2D eigenvalue weighted by Gasteiger charge is 2.22. The minimum Gasteiger partial charge on any atom is -0.378 e. The molecule has 1 aromatic carbocycles. The number of ketones is 1. The number of benzene rings is 1. The minimum absolute atomic E-state index is 0.223. The summed E-state index contributed by atoms with van der Waals surface area (Å²) in [7, 11) is 0. The van der Waals surface area contributed by atoms with E-state index in [1.165, 1.54) is 32.1 Å². The molecule has 4 nitrogen and oxygen atoms in total. The predicted molar refractivity (Wildman–Crippen MR) is 94.3 cm³/mol. The lowest BCUT2D eigenvalue weighted by atomic mass is 9.85. The lowest BCUT2D eigenvalue weighted by Gasteiger charge is -2.24. The Hall–Kier alpha value is -1.68. The monoisotopic (exact) mass is 326 g/mol. The van der Waals surface area contributed by atoms with Gasteiger partial charge in [-0.05, 0) is 62.6 Å². The molecule has 1 aromatic heterocycles. The van der Waals surface area contributed by atoms with Gasteiger partial charge in [-0.25, -0.2) is 0 Å². The van der Waals surface area contributed by atoms with Crippen molar-refractivity contribution in [3.8, 4) is 0 Å². The first-order chi connectivity index (χ1) is 11.7. The van der Waals surface area contributed by atoms with E-state index in [4.69, 9.17) is 4.74 Å². The van der Waals surface area contributed by atoms with Crippen molar-refractivity contribution >= 4 is 16.7 Å². The van der Waals surface area contributed by atoms with E-state index in [0.29, 0.717) is 19.1 Å². The van der Waals surface area contributed by atoms with Crippen LogP contribution in [0.15, 0.2) is 18.3 Å². The van der Waals surface area contributed by atoms with Crippen LogP contribution in [0.4, 0.5) is 0 Å². The molecule has 0 atom stereocenters. The summed E-state index contributed by atoms with van der Waals surface area (Å²) >= 11 is 0. The van der Waals surface area contributed by atoms with Crippen LogP contribution in [0.25, 0.3) is 10.9 Å². The van der Waals surface area contributed by atoms with E-state index < -0.39 is 0 Å². The number of fused-ring (bicyclic) bond motifs is 1. The Labute approximate surface area is 143 Å². The van der Waals surface area contributed by atoms with E-state index in [1.807, 2.05) is 19.1 Å². The highest BCUT2D eigenvalue weighted by atomic mass is 16.5. The minimum atomic E-state index is 0.223. The van der Waals surface area contributed by atoms with Crippen LogP contribution >= 0.6 is 0 Å². The summed E-state index contributed by atoms with van der Waals surface area (Å²) in [6, 6.07) is 3.94. The molecule has 2 saturated carbocycles. The Kier molecular flexibility index (Phi) is 4.40. The Morgan fingerprint density at radius 1 is 1.29 bits per heavy atom. The maximum atomic E-state index is 12.5. The maximum absolute atomic E-state index is 12.5. The van der Waals surface area contributed by atoms with Gasteiger partial charge in [-0.1, -0.05) is 6.42 Å². The third kappa shape index (κ3) is 3.39. The third-order valence-corrected chi connectivity index (χ3v) is 5.40. The fourth-order valence-corrected chi connectivity index (χ4v) is 3.47. The van der Waals surface area contributed by atoms with Gasteiger partial charge >= 0.3 is 0 Å². The fourth-order valence-electron chi connectivity index (χ4n) is 3.47. The number of aromatic nitrogens is 2. The van der Waals surface area contributed by atoms with Crippen LogP contribution in [-0.4, -0.2) is 28.3 Å². The van der Waals surface area contributed by atoms with Crippen molar-refractivity contribution in [2.45, 2.75) is 64.5 Å². The maximum Gasteiger partial charge on any atom is 0.163 e. The first-order valence-corrected chi connectivity index (χ1v) is 9.32. The van der Waals surface area contributed by atoms with Crippen molar-refractivity contribution in [1.82, 2.24) is 9.78 Å². The van der Waals surface area contributed by atoms with Crippen LogP contribution in [0, 0.1) is 12.8 Å². The molecule has 0 aliphatic heterocycles. The number of carbonyl (C=O) groups is 1. The number of hydrogen-bond acceptors (Lipinski definition) is 3. The third-order valence-electron chi connectivity index (χ3n) is 5.40. The molecule has 128 valence electrons. The van der Waals surface area contributed by atoms with E-state index in [-0.39, 0.29) is 5.78 Å². The summed E-state index contributed by atoms with van der Waals surface area (Å²) in [6.07, 6.45) is 10.3. The standard InChI is InChI=1S/C20H26N2O2/c1-14-17(20(23)6-3-11-24-16-7-8-16)9-10-19-18(14)13-22(21-19)12-15-4-2-5-15/h9-10,13,15-16H,2-8,11-12H2,1H3. The summed E-state index contributed by atoms with van der Waals surface area (Å²) in [5, 5.41) is 5.80. The normalized spacial score (nSPS) is 18.0. The molecule has 0 bridgehead atoms. The summed E-state index contributed by atoms with van der Waals surface area (Å²) in [6.45, 7) is 3.76. The van der Waals surface area contributed by atoms with Gasteiger partial charge in [0.25, 0.3) is 0 Å². The van der Waals surface area contributed by atoms with Crippen molar-refractivity contribution in [2.75, 3.05) is 6.61 Å². The molecule has 0 radical (unpaired) electrons. The molecule has 4 rings (SSSR count). The molecule has 2 aromatic rings. The zero-order chi connectivity index (χ0) is 16.5. The van der Waals surface area contributed by atoms with Gasteiger partial charge in [-0.15, -0.1) is 0 Å². The quantitative estimate of drug-likeness (QED) is 0.537. The highest BCUT2D eigenvalue weighted by molar-refractivity contribution is 6.01. The molecule has 24 heavy (non-hydrogen) atoms. The highest BCUT2D eigenvalue weighted by Crippen LogP contribution is 2.29. The SMILES string of the molecule is Cc1c(C(=O)CCCOC2CC2)ccc2nn(CC3CCC3)cc12. The predicted octanol–water partition coefficient (Wildman–Crippen LogP) is 4.29. The first-order valence-electron chi connectivity index (χ1n) is 9.32. The topological polar surface area (TPSA) is 44.1 Å². The van der Waals surface area contributed by atoms with Crippen molar-refractivity contribution in [3.05, 3.63) is 29.5 Å². The molecule has 0 N–H and O–H groups in total. The molecule has 4 heteroatoms. The second-order valence-electron chi connectivity index (χ2n) is 7.42. The second kappa shape index (κ2) is 6.67. The van der Waals surface area contributed by atoms with Crippen molar-refractivity contribution < 1.29 is 9.53 Å². The van der Waals surface area contributed by atoms with Crippen LogP contribution < -0.4 is 0 Å². The zero-order valence-electron chi connectivity index (χ0n) is 14.5. The fraction of sp³-hybridized carbons (Fsp3) is 0.600. The van der Waals surface area contributed by atoms with Crippen LogP contribution in [0.3, 0.4) is 0 Å². The number of aryl methyl sites for hydroxylation is 1. The average Bonchev–Trinajstić information content (AvgIpc) is 3.25. The Balaban J connectivity index is 1.43. The van der Waals surface area contributed by atoms with Gasteiger partial charge in [-0.2, -0.15) is 5.10 Å². The average molecular weight is 326 g/mol. The smallest absolute Gasteiger partial charge is 0.163 e. The molecule has 2 aliphatic rings. The molecule has 0 unspecified atom stereocenters. The van der Waals surface area contributed by atoms with E-state index in [0.717, 1.165) is 40.9 Å². The van der Waals surface area contributed by atoms with Gasteiger partial charge in [0.1, 0.15) is 0 Å². The van der Waals surface area contributed by atoms with Gasteiger partial charge in [0.05, 0.1) is 11.6 Å². The summed E-state index contributed by atoms with van der Waals surface area (Å²) in [5.41, 5.74) is 2.91. The van der Waals surface area contributed by atoms with Gasteiger partial charge in [-0.3, -0.25) is 9.48 Å². The van der Waals surface area contributed by atoms with Crippen LogP contribution in [0.1, 0.15) is 60.9 Å². The van der Waals surface area contributed by atoms with Crippen LogP contribution in [0.5, 0.6) is 0 Å². The van der Waals surface area contributed by atoms with E-state index >= 15 is 0 Å². The molecular weight excluding hydrogens is 300 g/mol. The number of rotatable bonds is 8. The molecular formula is C20H26N2O2. The van der Waals surface area contributed by atoms with E-state index in [9.17, 15) is 4.79 Å². The molecule has 2 fully saturated rings. The lowest BCUT2D eigenvalue weighted by molar-refractivity contribution is 0.0916. The largest absolute Gasteiger partial charge is 0.378 e. The second-order valence-corrected chi connectivity index (χ2v) is 7.42. The van der Waals surface area contributed by atoms with Crippen LogP contribution in [0.2, 0.25) is 0 Å². The Morgan fingerprint density at radius 3 is 2.83 bits per heavy atom. The van der Waals surface area contributed by atoms with Crippen molar-refractivity contribution in [2.24, 2.45) is 5.92 Å². The van der Waals surface area contributed by atoms with Crippen molar-refractivity contribution in [3.63, 3.8) is 0 Å². The molecule has 2 aliphatic carbocycles. The molecule has 0 amide bonds. The first kappa shape index (κ1) is 15.8. The number of hydrogen-bond donors (Lipinski definition) is 0. The number of Topliss-reactive ketones (excluding diaryl/α,β-unsaturated/α-hetero) is 1. The molecule has 0 spiro atoms. The summed E-state index contributed by atoms with van der Waals surface area (Å²) in [5.74, 6) is 1.01. The van der Waals surface area contributed by atoms with E-state index in [1.54, 1.807) is 0 Å². The summed E-state index contributed by atoms with van der Waals surface area (Å²) in [4.78, 5) is 12.5. The Bertz CT molecular complexity index is 741. The van der Waals surface area contributed by atoms with E-state index in [2.05, 4.69) is 16.0 Å². The van der Waals surface area contributed by atoms with Crippen LogP contribution in [-0.2, 0) is 11.3 Å². The lowest BCUT2D eigenvalue weighted by Crippen LogP contribution is -2.18. The summed E-state index contributed by atoms with van der Waals surface area (Å²) < 4.78 is 7.70. The molecule has 0 saturated heterocycles. The van der Waals surface area contributed by atoms with Gasteiger partial charge in [0.2, 0.25) is 0 Å². The Morgan fingerprint density at radius 2 is 2.12 bits per heavy atom. The van der Waals surface area contributed by atoms with Gasteiger partial charge in [0.15, 0.2) is 5.78 Å². The van der Waals surface area contributed by atoms with Crippen molar-refractivity contribution in [1.29, 1.82) is 0 Å². The number of ether oxygens (including phenoxy) is 1. The number of carbonyl (C=O) groups excluding carboxylic acids is 1.